The van der Waals surface area contributed by atoms with Crippen molar-refractivity contribution in [2.75, 3.05) is 0 Å². The van der Waals surface area contributed by atoms with Crippen LogP contribution in [0.1, 0.15) is 49.9 Å². The van der Waals surface area contributed by atoms with Gasteiger partial charge in [0.2, 0.25) is 0 Å². The summed E-state index contributed by atoms with van der Waals surface area (Å²) in [6.45, 7) is 6.14. The van der Waals surface area contributed by atoms with Gasteiger partial charge in [-0.25, -0.2) is 4.98 Å². The summed E-state index contributed by atoms with van der Waals surface area (Å²) in [6, 6.07) is 0. The molecule has 0 amide bonds. The van der Waals surface area contributed by atoms with Crippen LogP contribution in [0.5, 0.6) is 0 Å². The summed E-state index contributed by atoms with van der Waals surface area (Å²) in [4.78, 5) is 4.21. The smallest absolute Gasteiger partial charge is 0.240 e. The van der Waals surface area contributed by atoms with Crippen LogP contribution >= 0.6 is 22.9 Å². The number of rotatable bonds is 2. The molecule has 20 heavy (non-hydrogen) atoms. The minimum absolute atomic E-state index is 0.0187. The standard InChI is InChI=1S/C14H19ClF3NS/c1-8-4-5-9(10(15)6-8)13(2,3)11-7-19-12(20-11)14(16,17)18/h7-10H,4-6H2,1-3H3. The lowest BCUT2D eigenvalue weighted by molar-refractivity contribution is -0.137. The summed E-state index contributed by atoms with van der Waals surface area (Å²) in [5.41, 5.74) is -0.367. The first-order valence-electron chi connectivity index (χ1n) is 6.80. The average molecular weight is 326 g/mol. The van der Waals surface area contributed by atoms with Crippen molar-refractivity contribution in [3.05, 3.63) is 16.1 Å². The van der Waals surface area contributed by atoms with Crippen LogP contribution in [0.2, 0.25) is 0 Å². The van der Waals surface area contributed by atoms with Crippen molar-refractivity contribution in [3.63, 3.8) is 0 Å². The zero-order valence-corrected chi connectivity index (χ0v) is 13.4. The lowest BCUT2D eigenvalue weighted by Gasteiger charge is -2.41. The molecule has 0 aromatic carbocycles. The Morgan fingerprint density at radius 2 is 1.95 bits per heavy atom. The fourth-order valence-corrected chi connectivity index (χ4v) is 4.70. The summed E-state index contributed by atoms with van der Waals surface area (Å²) in [7, 11) is 0. The number of thiazole rings is 1. The molecule has 114 valence electrons. The fourth-order valence-electron chi connectivity index (χ4n) is 3.01. The van der Waals surface area contributed by atoms with Crippen molar-refractivity contribution in [1.29, 1.82) is 0 Å². The van der Waals surface area contributed by atoms with E-state index in [0.717, 1.165) is 30.6 Å². The fraction of sp³-hybridized carbons (Fsp3) is 0.786. The molecule has 1 aliphatic rings. The zero-order valence-electron chi connectivity index (χ0n) is 11.8. The molecule has 3 unspecified atom stereocenters. The Bertz CT molecular complexity index is 469. The summed E-state index contributed by atoms with van der Waals surface area (Å²) >= 11 is 7.22. The maximum Gasteiger partial charge on any atom is 0.443 e. The number of nitrogens with zero attached hydrogens (tertiary/aromatic N) is 1. The third kappa shape index (κ3) is 3.14. The maximum absolute atomic E-state index is 12.7. The van der Waals surface area contributed by atoms with Gasteiger partial charge in [-0.05, 0) is 24.7 Å². The van der Waals surface area contributed by atoms with Crippen molar-refractivity contribution >= 4 is 22.9 Å². The molecule has 1 fully saturated rings. The molecule has 3 atom stereocenters. The van der Waals surface area contributed by atoms with Crippen LogP contribution in [0.3, 0.4) is 0 Å². The molecule has 0 spiro atoms. The van der Waals surface area contributed by atoms with Crippen LogP contribution in [-0.2, 0) is 11.6 Å². The van der Waals surface area contributed by atoms with E-state index < -0.39 is 11.2 Å². The van der Waals surface area contributed by atoms with Gasteiger partial charge in [0, 0.05) is 21.9 Å². The Balaban J connectivity index is 2.23. The second-order valence-corrected chi connectivity index (χ2v) is 7.88. The van der Waals surface area contributed by atoms with E-state index in [0.29, 0.717) is 10.8 Å². The lowest BCUT2D eigenvalue weighted by atomic mass is 9.68. The third-order valence-corrected chi connectivity index (χ3v) is 6.21. The minimum Gasteiger partial charge on any atom is -0.240 e. The summed E-state index contributed by atoms with van der Waals surface area (Å²) in [5, 5.41) is -0.749. The van der Waals surface area contributed by atoms with Crippen molar-refractivity contribution in [2.24, 2.45) is 11.8 Å². The minimum atomic E-state index is -4.36. The predicted molar refractivity (Wildman–Crippen MR) is 76.3 cm³/mol. The molecule has 6 heteroatoms. The Kier molecular flexibility index (Phi) is 4.41. The van der Waals surface area contributed by atoms with Gasteiger partial charge in [0.1, 0.15) is 0 Å². The van der Waals surface area contributed by atoms with Crippen molar-refractivity contribution in [3.8, 4) is 0 Å². The second-order valence-electron chi connectivity index (χ2n) is 6.29. The van der Waals surface area contributed by atoms with Crippen molar-refractivity contribution < 1.29 is 13.2 Å². The van der Waals surface area contributed by atoms with Crippen LogP contribution in [0.25, 0.3) is 0 Å². The Morgan fingerprint density at radius 1 is 1.30 bits per heavy atom. The summed E-state index contributed by atoms with van der Waals surface area (Å²) in [5.74, 6) is 0.790. The zero-order chi connectivity index (χ0) is 15.1. The molecule has 0 saturated heterocycles. The molecule has 0 N–H and O–H groups in total. The lowest BCUT2D eigenvalue weighted by Crippen LogP contribution is -2.38. The van der Waals surface area contributed by atoms with E-state index in [-0.39, 0.29) is 16.7 Å². The van der Waals surface area contributed by atoms with Crippen LogP contribution in [-0.4, -0.2) is 10.4 Å². The average Bonchev–Trinajstić information content (AvgIpc) is 2.77. The molecule has 2 rings (SSSR count). The highest BCUT2D eigenvalue weighted by Gasteiger charge is 2.42. The van der Waals surface area contributed by atoms with E-state index in [2.05, 4.69) is 11.9 Å². The van der Waals surface area contributed by atoms with Crippen molar-refractivity contribution in [2.45, 2.75) is 57.0 Å². The Morgan fingerprint density at radius 3 is 2.45 bits per heavy atom. The summed E-state index contributed by atoms with van der Waals surface area (Å²) in [6.07, 6.45) is -0.0139. The Labute approximate surface area is 126 Å². The number of alkyl halides is 4. The number of aromatic nitrogens is 1. The van der Waals surface area contributed by atoms with Crippen LogP contribution in [0.15, 0.2) is 6.20 Å². The van der Waals surface area contributed by atoms with E-state index in [9.17, 15) is 13.2 Å². The van der Waals surface area contributed by atoms with Crippen LogP contribution in [0.4, 0.5) is 13.2 Å². The van der Waals surface area contributed by atoms with Gasteiger partial charge in [-0.3, -0.25) is 0 Å². The van der Waals surface area contributed by atoms with Gasteiger partial charge in [0.15, 0.2) is 5.01 Å². The highest BCUT2D eigenvalue weighted by Crippen LogP contribution is 2.47. The normalized spacial score (nSPS) is 28.6. The molecule has 0 radical (unpaired) electrons. The monoisotopic (exact) mass is 325 g/mol. The number of halogens is 4. The molecule has 1 heterocycles. The van der Waals surface area contributed by atoms with Gasteiger partial charge in [-0.2, -0.15) is 13.2 Å². The largest absolute Gasteiger partial charge is 0.443 e. The molecule has 1 nitrogen and oxygen atoms in total. The van der Waals surface area contributed by atoms with E-state index in [1.165, 1.54) is 6.20 Å². The third-order valence-electron chi connectivity index (χ3n) is 4.34. The number of hydrogen-bond donors (Lipinski definition) is 0. The molecule has 0 aliphatic heterocycles. The first-order valence-corrected chi connectivity index (χ1v) is 8.05. The highest BCUT2D eigenvalue weighted by molar-refractivity contribution is 7.11. The molecule has 0 bridgehead atoms. The van der Waals surface area contributed by atoms with Gasteiger partial charge in [0.25, 0.3) is 0 Å². The van der Waals surface area contributed by atoms with E-state index in [1.807, 2.05) is 13.8 Å². The van der Waals surface area contributed by atoms with Gasteiger partial charge in [-0.15, -0.1) is 22.9 Å². The summed E-state index contributed by atoms with van der Waals surface area (Å²) < 4.78 is 38.0. The number of hydrogen-bond acceptors (Lipinski definition) is 2. The molecular formula is C14H19ClF3NS. The molecule has 1 aromatic heterocycles. The molecule has 1 aliphatic carbocycles. The van der Waals surface area contributed by atoms with Gasteiger partial charge in [-0.1, -0.05) is 27.2 Å². The van der Waals surface area contributed by atoms with Gasteiger partial charge in [0.05, 0.1) is 0 Å². The first-order chi connectivity index (χ1) is 9.12. The predicted octanol–water partition coefficient (Wildman–Crippen LogP) is 5.48. The highest BCUT2D eigenvalue weighted by atomic mass is 35.5. The van der Waals surface area contributed by atoms with Gasteiger partial charge >= 0.3 is 6.18 Å². The molecule has 1 aromatic rings. The first kappa shape index (κ1) is 16.1. The molecule has 1 saturated carbocycles. The Hall–Kier alpha value is -0.290. The van der Waals surface area contributed by atoms with E-state index in [1.54, 1.807) is 0 Å². The SMILES string of the molecule is CC1CCC(C(C)(C)c2cnc(C(F)(F)F)s2)C(Cl)C1. The van der Waals surface area contributed by atoms with E-state index >= 15 is 0 Å². The second kappa shape index (κ2) is 5.48. The maximum atomic E-state index is 12.7. The molecular weight excluding hydrogens is 307 g/mol. The van der Waals surface area contributed by atoms with Crippen molar-refractivity contribution in [1.82, 2.24) is 4.98 Å². The topological polar surface area (TPSA) is 12.9 Å². The van der Waals surface area contributed by atoms with E-state index in [4.69, 9.17) is 11.6 Å². The van der Waals surface area contributed by atoms with Crippen LogP contribution < -0.4 is 0 Å². The van der Waals surface area contributed by atoms with Gasteiger partial charge < -0.3 is 0 Å². The van der Waals surface area contributed by atoms with Crippen LogP contribution in [0, 0.1) is 11.8 Å². The quantitative estimate of drug-likeness (QED) is 0.656.